The maximum absolute atomic E-state index is 5.60. The lowest BCUT2D eigenvalue weighted by atomic mass is 10.1. The molecule has 0 unspecified atom stereocenters. The fraction of sp³-hybridized carbons (Fsp3) is 0.238. The van der Waals surface area contributed by atoms with Crippen LogP contribution in [0.25, 0.3) is 0 Å². The van der Waals surface area contributed by atoms with Crippen molar-refractivity contribution in [2.45, 2.75) is 23.1 Å². The van der Waals surface area contributed by atoms with Gasteiger partial charge >= 0.3 is 0 Å². The third-order valence-corrected chi connectivity index (χ3v) is 5.95. The molecule has 0 radical (unpaired) electrons. The highest BCUT2D eigenvalue weighted by Crippen LogP contribution is 2.47. The lowest BCUT2D eigenvalue weighted by Crippen LogP contribution is -2.23. The molecule has 4 heteroatoms. The maximum Gasteiger partial charge on any atom is 0.123 e. The number of hydrogen-bond acceptors (Lipinski definition) is 4. The van der Waals surface area contributed by atoms with E-state index in [2.05, 4.69) is 47.4 Å². The van der Waals surface area contributed by atoms with Crippen molar-refractivity contribution >= 4 is 17.4 Å². The summed E-state index contributed by atoms with van der Waals surface area (Å²) in [6.45, 7) is 1.87. The van der Waals surface area contributed by atoms with Gasteiger partial charge in [-0.2, -0.15) is 0 Å². The molecular weight excluding hydrogens is 330 g/mol. The van der Waals surface area contributed by atoms with E-state index in [9.17, 15) is 0 Å². The second-order valence-corrected chi connectivity index (χ2v) is 7.40. The van der Waals surface area contributed by atoms with Gasteiger partial charge in [0.05, 0.1) is 25.3 Å². The second kappa shape index (κ2) is 7.28. The van der Waals surface area contributed by atoms with Gasteiger partial charge in [0.1, 0.15) is 5.75 Å². The summed E-state index contributed by atoms with van der Waals surface area (Å²) in [5, 5.41) is 0.381. The predicted octanol–water partition coefficient (Wildman–Crippen LogP) is 5.53. The molecule has 25 heavy (non-hydrogen) atoms. The number of fused-ring (bicyclic) bond motifs is 1. The monoisotopic (exact) mass is 351 g/mol. The molecule has 0 fully saturated rings. The lowest BCUT2D eigenvalue weighted by Gasteiger charge is -2.24. The topological polar surface area (TPSA) is 25.6 Å². The van der Waals surface area contributed by atoms with Crippen LogP contribution in [-0.2, 0) is 6.54 Å². The van der Waals surface area contributed by atoms with E-state index in [1.807, 2.05) is 30.2 Å². The van der Waals surface area contributed by atoms with E-state index < -0.39 is 0 Å². The van der Waals surface area contributed by atoms with Gasteiger partial charge in [0.25, 0.3) is 0 Å². The van der Waals surface area contributed by atoms with Gasteiger partial charge in [-0.05, 0) is 30.7 Å². The van der Waals surface area contributed by atoms with Crippen LogP contribution in [0.3, 0.4) is 0 Å². The molecule has 2 heterocycles. The normalized spacial score (nSPS) is 17.0. The van der Waals surface area contributed by atoms with Crippen LogP contribution in [-0.4, -0.2) is 13.7 Å². The minimum absolute atomic E-state index is 0.381. The summed E-state index contributed by atoms with van der Waals surface area (Å²) in [5.41, 5.74) is 3.77. The zero-order valence-electron chi connectivity index (χ0n) is 14.2. The molecule has 1 aliphatic rings. The summed E-state index contributed by atoms with van der Waals surface area (Å²) in [6, 6.07) is 19.1. The highest BCUT2D eigenvalue weighted by Gasteiger charge is 2.25. The van der Waals surface area contributed by atoms with E-state index in [0.29, 0.717) is 5.25 Å². The van der Waals surface area contributed by atoms with Crippen LogP contribution >= 0.6 is 11.8 Å². The molecule has 4 rings (SSSR count). The zero-order chi connectivity index (χ0) is 17.1. The molecule has 0 aliphatic carbocycles. The van der Waals surface area contributed by atoms with Crippen molar-refractivity contribution in [3.05, 3.63) is 78.3 Å². The van der Waals surface area contributed by atoms with E-state index in [4.69, 9.17) is 9.15 Å². The third kappa shape index (κ3) is 3.40. The molecule has 0 saturated carbocycles. The van der Waals surface area contributed by atoms with Gasteiger partial charge in [0, 0.05) is 34.4 Å². The first-order valence-corrected chi connectivity index (χ1v) is 9.38. The Hall–Kier alpha value is -2.33. The van der Waals surface area contributed by atoms with Crippen molar-refractivity contribution < 1.29 is 9.15 Å². The number of thioether (sulfide) groups is 1. The Morgan fingerprint density at radius 1 is 1.12 bits per heavy atom. The summed E-state index contributed by atoms with van der Waals surface area (Å²) in [7, 11) is 1.75. The van der Waals surface area contributed by atoms with Crippen molar-refractivity contribution in [2.75, 3.05) is 18.6 Å². The third-order valence-electron chi connectivity index (χ3n) is 4.58. The maximum atomic E-state index is 5.60. The molecule has 3 aromatic rings. The molecule has 0 bridgehead atoms. The molecule has 0 amide bonds. The predicted molar refractivity (Wildman–Crippen MR) is 102 cm³/mol. The summed E-state index contributed by atoms with van der Waals surface area (Å²) in [6.07, 6.45) is 4.64. The molecular formula is C21H21NO2S. The van der Waals surface area contributed by atoms with E-state index in [0.717, 1.165) is 25.3 Å². The van der Waals surface area contributed by atoms with E-state index in [1.54, 1.807) is 13.4 Å². The van der Waals surface area contributed by atoms with Gasteiger partial charge in [0.15, 0.2) is 0 Å². The number of para-hydroxylation sites is 2. The van der Waals surface area contributed by atoms with Crippen molar-refractivity contribution in [1.82, 2.24) is 0 Å². The Morgan fingerprint density at radius 2 is 1.96 bits per heavy atom. The number of furan rings is 1. The van der Waals surface area contributed by atoms with Crippen LogP contribution in [0.1, 0.15) is 22.8 Å². The van der Waals surface area contributed by atoms with Gasteiger partial charge in [-0.1, -0.05) is 30.3 Å². The van der Waals surface area contributed by atoms with Crippen molar-refractivity contribution in [3.63, 3.8) is 0 Å². The van der Waals surface area contributed by atoms with Crippen LogP contribution < -0.4 is 9.64 Å². The Balaban J connectivity index is 1.66. The first-order chi connectivity index (χ1) is 12.3. The smallest absolute Gasteiger partial charge is 0.123 e. The Kier molecular flexibility index (Phi) is 4.70. The van der Waals surface area contributed by atoms with Crippen LogP contribution in [0.2, 0.25) is 0 Å². The number of methoxy groups -OCH3 is 1. The van der Waals surface area contributed by atoms with Crippen LogP contribution in [0.15, 0.2) is 76.4 Å². The van der Waals surface area contributed by atoms with Crippen molar-refractivity contribution in [3.8, 4) is 5.75 Å². The highest BCUT2D eigenvalue weighted by atomic mass is 32.2. The summed E-state index contributed by atoms with van der Waals surface area (Å²) in [4.78, 5) is 3.77. The fourth-order valence-corrected chi connectivity index (χ4v) is 4.67. The Bertz CT molecular complexity index is 831. The lowest BCUT2D eigenvalue weighted by molar-refractivity contribution is 0.409. The molecule has 1 atom stereocenters. The zero-order valence-corrected chi connectivity index (χ0v) is 15.0. The number of anilines is 1. The average molecular weight is 351 g/mol. The molecule has 0 N–H and O–H groups in total. The van der Waals surface area contributed by atoms with E-state index in [1.165, 1.54) is 21.7 Å². The van der Waals surface area contributed by atoms with E-state index >= 15 is 0 Å². The van der Waals surface area contributed by atoms with Crippen LogP contribution in [0.4, 0.5) is 5.69 Å². The van der Waals surface area contributed by atoms with Crippen molar-refractivity contribution in [1.29, 1.82) is 0 Å². The fourth-order valence-electron chi connectivity index (χ4n) is 3.34. The van der Waals surface area contributed by atoms with Crippen LogP contribution in [0.5, 0.6) is 5.75 Å². The van der Waals surface area contributed by atoms with Gasteiger partial charge in [0.2, 0.25) is 0 Å². The molecule has 3 nitrogen and oxygen atoms in total. The van der Waals surface area contributed by atoms with Gasteiger partial charge < -0.3 is 14.1 Å². The largest absolute Gasteiger partial charge is 0.496 e. The summed E-state index contributed by atoms with van der Waals surface area (Å²) in [5.74, 6) is 0.973. The van der Waals surface area contributed by atoms with Gasteiger partial charge in [-0.25, -0.2) is 0 Å². The molecule has 1 aromatic heterocycles. The van der Waals surface area contributed by atoms with Crippen molar-refractivity contribution in [2.24, 2.45) is 0 Å². The van der Waals surface area contributed by atoms with Gasteiger partial charge in [-0.3, -0.25) is 0 Å². The first-order valence-electron chi connectivity index (χ1n) is 8.50. The van der Waals surface area contributed by atoms with Gasteiger partial charge in [-0.15, -0.1) is 11.8 Å². The number of ether oxygens (including phenoxy) is 1. The standard InChI is InChI=1S/C21H21NO2S/c1-23-19-8-4-2-6-17(19)20-10-12-22(14-16-11-13-24-15-16)18-7-3-5-9-21(18)25-20/h2-9,11,13,15,20H,10,12,14H2,1H3/t20-/m0/s1. The van der Waals surface area contributed by atoms with Crippen LogP contribution in [0, 0.1) is 0 Å². The Labute approximate surface area is 152 Å². The molecule has 2 aromatic carbocycles. The minimum Gasteiger partial charge on any atom is -0.496 e. The Morgan fingerprint density at radius 3 is 2.80 bits per heavy atom. The first kappa shape index (κ1) is 16.2. The number of hydrogen-bond donors (Lipinski definition) is 0. The molecule has 0 spiro atoms. The summed E-state index contributed by atoms with van der Waals surface area (Å²) >= 11 is 1.93. The quantitative estimate of drug-likeness (QED) is 0.617. The molecule has 0 saturated heterocycles. The molecule has 128 valence electrons. The number of rotatable bonds is 4. The highest BCUT2D eigenvalue weighted by molar-refractivity contribution is 7.99. The summed E-state index contributed by atoms with van der Waals surface area (Å²) < 4.78 is 10.8. The number of benzene rings is 2. The van der Waals surface area contributed by atoms with E-state index in [-0.39, 0.29) is 0 Å². The molecule has 1 aliphatic heterocycles. The minimum atomic E-state index is 0.381. The average Bonchev–Trinajstić information content (AvgIpc) is 3.10. The SMILES string of the molecule is COc1ccccc1[C@@H]1CCN(Cc2ccoc2)c2ccccc2S1. The second-order valence-electron chi connectivity index (χ2n) is 6.16. The number of nitrogens with zero attached hydrogens (tertiary/aromatic N) is 1.